The molecule has 8 nitrogen and oxygen atoms in total. The van der Waals surface area contributed by atoms with Gasteiger partial charge >= 0.3 is 12.0 Å². The highest BCUT2D eigenvalue weighted by molar-refractivity contribution is 5.96. The van der Waals surface area contributed by atoms with E-state index in [0.717, 1.165) is 13.1 Å². The molecule has 1 aliphatic rings. The van der Waals surface area contributed by atoms with E-state index in [2.05, 4.69) is 15.6 Å². The topological polar surface area (TPSA) is 120 Å². The average molecular weight is 285 g/mol. The summed E-state index contributed by atoms with van der Waals surface area (Å²) in [5, 5.41) is 14.8. The number of carboxylic acids is 1. The SMILES string of the molecule is CC(C)CC(N=C(NC(N)=O)N1CCNCC1)C(=O)O. The minimum absolute atomic E-state index is 0.192. The summed E-state index contributed by atoms with van der Waals surface area (Å²) in [7, 11) is 0. The summed E-state index contributed by atoms with van der Waals surface area (Å²) >= 11 is 0. The van der Waals surface area contributed by atoms with E-state index in [4.69, 9.17) is 5.73 Å². The van der Waals surface area contributed by atoms with Crippen LogP contribution in [-0.2, 0) is 4.79 Å². The van der Waals surface area contributed by atoms with Gasteiger partial charge in [0, 0.05) is 26.2 Å². The van der Waals surface area contributed by atoms with Crippen LogP contribution in [0.5, 0.6) is 0 Å². The molecular formula is C12H23N5O3. The number of amides is 2. The molecule has 0 saturated carbocycles. The summed E-state index contributed by atoms with van der Waals surface area (Å²) in [5.41, 5.74) is 5.13. The number of hydrogen-bond acceptors (Lipinski definition) is 4. The highest BCUT2D eigenvalue weighted by Gasteiger charge is 2.22. The monoisotopic (exact) mass is 285 g/mol. The number of nitrogens with zero attached hydrogens (tertiary/aromatic N) is 2. The van der Waals surface area contributed by atoms with Crippen LogP contribution in [0.25, 0.3) is 0 Å². The van der Waals surface area contributed by atoms with Gasteiger partial charge in [-0.2, -0.15) is 0 Å². The van der Waals surface area contributed by atoms with Gasteiger partial charge in [0.15, 0.2) is 6.04 Å². The first-order chi connectivity index (χ1) is 9.40. The van der Waals surface area contributed by atoms with Gasteiger partial charge in [0.2, 0.25) is 5.96 Å². The molecule has 114 valence electrons. The minimum atomic E-state index is -1.00. The van der Waals surface area contributed by atoms with E-state index in [-0.39, 0.29) is 11.9 Å². The molecule has 1 rings (SSSR count). The fourth-order valence-corrected chi connectivity index (χ4v) is 1.98. The largest absolute Gasteiger partial charge is 0.480 e. The summed E-state index contributed by atoms with van der Waals surface area (Å²) in [6, 6.07) is -1.62. The van der Waals surface area contributed by atoms with Gasteiger partial charge in [-0.1, -0.05) is 13.8 Å². The minimum Gasteiger partial charge on any atom is -0.480 e. The molecule has 0 radical (unpaired) electrons. The van der Waals surface area contributed by atoms with Crippen LogP contribution in [-0.4, -0.2) is 60.2 Å². The van der Waals surface area contributed by atoms with Crippen molar-refractivity contribution in [2.75, 3.05) is 26.2 Å². The molecule has 0 bridgehead atoms. The van der Waals surface area contributed by atoms with Gasteiger partial charge in [0.25, 0.3) is 0 Å². The van der Waals surface area contributed by atoms with E-state index in [0.29, 0.717) is 19.5 Å². The average Bonchev–Trinajstić information content (AvgIpc) is 2.37. The maximum atomic E-state index is 11.3. The van der Waals surface area contributed by atoms with Crippen LogP contribution >= 0.6 is 0 Å². The van der Waals surface area contributed by atoms with Crippen LogP contribution in [0.4, 0.5) is 4.79 Å². The van der Waals surface area contributed by atoms with E-state index in [1.54, 1.807) is 0 Å². The predicted molar refractivity (Wildman–Crippen MR) is 75.5 cm³/mol. The number of aliphatic carboxylic acids is 1. The molecular weight excluding hydrogens is 262 g/mol. The van der Waals surface area contributed by atoms with Gasteiger partial charge in [-0.15, -0.1) is 0 Å². The molecule has 0 aromatic heterocycles. The lowest BCUT2D eigenvalue weighted by Crippen LogP contribution is -2.53. The maximum Gasteiger partial charge on any atom is 0.328 e. The third-order valence-corrected chi connectivity index (χ3v) is 2.91. The zero-order valence-electron chi connectivity index (χ0n) is 11.9. The molecule has 1 unspecified atom stereocenters. The Morgan fingerprint density at radius 3 is 2.45 bits per heavy atom. The van der Waals surface area contributed by atoms with E-state index in [1.807, 2.05) is 18.7 Å². The normalized spacial score (nSPS) is 17.9. The number of nitrogens with two attached hydrogens (primary N) is 1. The van der Waals surface area contributed by atoms with E-state index in [1.165, 1.54) is 0 Å². The third-order valence-electron chi connectivity index (χ3n) is 2.91. The molecule has 0 spiro atoms. The van der Waals surface area contributed by atoms with Crippen molar-refractivity contribution in [2.24, 2.45) is 16.6 Å². The van der Waals surface area contributed by atoms with Gasteiger partial charge in [-0.05, 0) is 12.3 Å². The maximum absolute atomic E-state index is 11.3. The Hall–Kier alpha value is -1.83. The second kappa shape index (κ2) is 7.68. The Labute approximate surface area is 118 Å². The van der Waals surface area contributed by atoms with Crippen LogP contribution in [0.3, 0.4) is 0 Å². The Morgan fingerprint density at radius 2 is 2.00 bits per heavy atom. The van der Waals surface area contributed by atoms with E-state index in [9.17, 15) is 14.7 Å². The number of primary amides is 1. The first-order valence-corrected chi connectivity index (χ1v) is 6.73. The van der Waals surface area contributed by atoms with Gasteiger partial charge < -0.3 is 21.1 Å². The molecule has 8 heteroatoms. The van der Waals surface area contributed by atoms with Gasteiger partial charge in [-0.25, -0.2) is 14.6 Å². The molecule has 1 fully saturated rings. The molecule has 1 atom stereocenters. The number of nitrogens with one attached hydrogen (secondary N) is 2. The Balaban J connectivity index is 2.89. The molecule has 0 aromatic carbocycles. The van der Waals surface area contributed by atoms with Crippen LogP contribution in [0, 0.1) is 5.92 Å². The molecule has 0 aliphatic carbocycles. The Morgan fingerprint density at radius 1 is 1.40 bits per heavy atom. The van der Waals surface area contributed by atoms with Crippen molar-refractivity contribution in [2.45, 2.75) is 26.3 Å². The highest BCUT2D eigenvalue weighted by Crippen LogP contribution is 2.09. The third kappa shape index (κ3) is 5.43. The van der Waals surface area contributed by atoms with Crippen LogP contribution in [0.15, 0.2) is 4.99 Å². The van der Waals surface area contributed by atoms with Crippen molar-refractivity contribution < 1.29 is 14.7 Å². The summed E-state index contributed by atoms with van der Waals surface area (Å²) in [5.74, 6) is -0.567. The smallest absolute Gasteiger partial charge is 0.328 e. The van der Waals surface area contributed by atoms with Crippen LogP contribution in [0.1, 0.15) is 20.3 Å². The van der Waals surface area contributed by atoms with Gasteiger partial charge in [0.05, 0.1) is 0 Å². The number of carboxylic acid groups (broad SMARTS) is 1. The fourth-order valence-electron chi connectivity index (χ4n) is 1.98. The second-order valence-electron chi connectivity index (χ2n) is 5.16. The van der Waals surface area contributed by atoms with Crippen LogP contribution < -0.4 is 16.4 Å². The lowest BCUT2D eigenvalue weighted by molar-refractivity contribution is -0.138. The summed E-state index contributed by atoms with van der Waals surface area (Å²) in [6.07, 6.45) is 0.408. The molecule has 0 aromatic rings. The summed E-state index contributed by atoms with van der Waals surface area (Å²) < 4.78 is 0. The molecule has 1 heterocycles. The first-order valence-electron chi connectivity index (χ1n) is 6.73. The Kier molecular flexibility index (Phi) is 6.23. The lowest BCUT2D eigenvalue weighted by Gasteiger charge is -2.30. The molecule has 5 N–H and O–H groups in total. The number of aliphatic imine (C=N–C) groups is 1. The quantitative estimate of drug-likeness (QED) is 0.407. The van der Waals surface area contributed by atoms with Crippen molar-refractivity contribution in [1.82, 2.24) is 15.5 Å². The van der Waals surface area contributed by atoms with Crippen molar-refractivity contribution in [3.63, 3.8) is 0 Å². The number of piperazine rings is 1. The molecule has 20 heavy (non-hydrogen) atoms. The van der Waals surface area contributed by atoms with Crippen molar-refractivity contribution >= 4 is 18.0 Å². The standard InChI is InChI=1S/C12H23N5O3/c1-8(2)7-9(10(18)19)15-12(16-11(13)20)17-5-3-14-4-6-17/h8-9,14H,3-7H2,1-2H3,(H,18,19)(H3,13,15,16,20). The first kappa shape index (κ1) is 16.2. The summed E-state index contributed by atoms with van der Waals surface area (Å²) in [4.78, 5) is 28.3. The molecule has 1 saturated heterocycles. The second-order valence-corrected chi connectivity index (χ2v) is 5.16. The lowest BCUT2D eigenvalue weighted by atomic mass is 10.0. The van der Waals surface area contributed by atoms with Crippen molar-refractivity contribution in [1.29, 1.82) is 0 Å². The Bertz CT molecular complexity index is 377. The zero-order chi connectivity index (χ0) is 15.1. The van der Waals surface area contributed by atoms with Crippen LogP contribution in [0.2, 0.25) is 0 Å². The van der Waals surface area contributed by atoms with Gasteiger partial charge in [-0.3, -0.25) is 5.32 Å². The van der Waals surface area contributed by atoms with Gasteiger partial charge in [0.1, 0.15) is 0 Å². The number of hydrogen-bond donors (Lipinski definition) is 4. The number of urea groups is 1. The molecule has 2 amide bonds. The summed E-state index contributed by atoms with van der Waals surface area (Å²) in [6.45, 7) is 6.65. The zero-order valence-corrected chi connectivity index (χ0v) is 11.9. The number of carbonyl (C=O) groups excluding carboxylic acids is 1. The van der Waals surface area contributed by atoms with E-state index < -0.39 is 18.0 Å². The van der Waals surface area contributed by atoms with E-state index >= 15 is 0 Å². The predicted octanol–water partition coefficient (Wildman–Crippen LogP) is -0.585. The number of guanidine groups is 1. The number of carbonyl (C=O) groups is 2. The fraction of sp³-hybridized carbons (Fsp3) is 0.750. The molecule has 1 aliphatic heterocycles. The number of rotatable bonds is 4. The van der Waals surface area contributed by atoms with Crippen molar-refractivity contribution in [3.8, 4) is 0 Å². The highest BCUT2D eigenvalue weighted by atomic mass is 16.4. The van der Waals surface area contributed by atoms with Crippen molar-refractivity contribution in [3.05, 3.63) is 0 Å².